The molecule has 0 saturated carbocycles. The van der Waals surface area contributed by atoms with E-state index in [9.17, 15) is 24.5 Å². The van der Waals surface area contributed by atoms with Crippen molar-refractivity contribution in [2.24, 2.45) is 0 Å². The summed E-state index contributed by atoms with van der Waals surface area (Å²) in [4.78, 5) is 52.7. The third-order valence-electron chi connectivity index (χ3n) is 4.65. The van der Waals surface area contributed by atoms with Crippen LogP contribution in [0.15, 0.2) is 48.5 Å². The topological polar surface area (TPSA) is 134 Å². The molecule has 13 heteroatoms. The molecule has 0 saturated heterocycles. The Morgan fingerprint density at radius 1 is 1.08 bits per heavy atom. The van der Waals surface area contributed by atoms with Gasteiger partial charge in [-0.3, -0.25) is 9.59 Å². The molecular formula is C23H20N2O8S3. The maximum absolute atomic E-state index is 12.8. The third-order valence-corrected chi connectivity index (χ3v) is 7.56. The lowest BCUT2D eigenvalue weighted by atomic mass is 10.1. The smallest absolute Gasteiger partial charge is 0.347 e. The van der Waals surface area contributed by atoms with E-state index in [0.29, 0.717) is 0 Å². The van der Waals surface area contributed by atoms with Gasteiger partial charge in [0.15, 0.2) is 0 Å². The average molecular weight is 549 g/mol. The number of hydrogen-bond acceptors (Lipinski definition) is 11. The maximum Gasteiger partial charge on any atom is 0.347 e. The summed E-state index contributed by atoms with van der Waals surface area (Å²) < 4.78 is 11.4. The Balaban J connectivity index is 1.73. The van der Waals surface area contributed by atoms with Gasteiger partial charge in [-0.15, -0.1) is 10.1 Å². The van der Waals surface area contributed by atoms with Crippen molar-refractivity contribution in [2.45, 2.75) is 32.8 Å². The Kier molecular flexibility index (Phi) is 9.22. The van der Waals surface area contributed by atoms with Crippen LogP contribution in [0.5, 0.6) is 11.5 Å². The first-order valence-electron chi connectivity index (χ1n) is 10.5. The minimum absolute atomic E-state index is 0.0359. The highest BCUT2D eigenvalue weighted by molar-refractivity contribution is 7.80. The lowest BCUT2D eigenvalue weighted by Gasteiger charge is -2.14. The number of rotatable bonds is 10. The minimum atomic E-state index is -0.951. The zero-order chi connectivity index (χ0) is 26.2. The fourth-order valence-corrected chi connectivity index (χ4v) is 5.43. The van der Waals surface area contributed by atoms with Gasteiger partial charge in [-0.2, -0.15) is 0 Å². The van der Waals surface area contributed by atoms with Gasteiger partial charge in [0, 0.05) is 23.6 Å². The second kappa shape index (κ2) is 12.3. The number of nitrogens with one attached hydrogen (secondary N) is 1. The Bertz CT molecular complexity index is 1330. The van der Waals surface area contributed by atoms with Crippen molar-refractivity contribution >= 4 is 56.4 Å². The van der Waals surface area contributed by atoms with E-state index in [1.54, 1.807) is 41.5 Å². The molecule has 0 radical (unpaired) electrons. The second-order valence-corrected chi connectivity index (χ2v) is 10.2. The molecular weight excluding hydrogens is 528 g/mol. The van der Waals surface area contributed by atoms with Crippen molar-refractivity contribution in [3.05, 3.63) is 68.0 Å². The fourth-order valence-electron chi connectivity index (χ4n) is 3.03. The molecule has 2 aromatic carbocycles. The van der Waals surface area contributed by atoms with Gasteiger partial charge >= 0.3 is 11.9 Å². The van der Waals surface area contributed by atoms with Crippen LogP contribution in [0.2, 0.25) is 0 Å². The van der Waals surface area contributed by atoms with Crippen molar-refractivity contribution in [2.75, 3.05) is 5.32 Å². The quantitative estimate of drug-likeness (QED) is 0.0849. The number of carbonyl (C=O) groups excluding carboxylic acids is 3. The van der Waals surface area contributed by atoms with Gasteiger partial charge in [-0.1, -0.05) is 39.8 Å². The molecule has 188 valence electrons. The highest BCUT2D eigenvalue weighted by Gasteiger charge is 2.20. The van der Waals surface area contributed by atoms with Gasteiger partial charge in [0.25, 0.3) is 5.09 Å². The van der Waals surface area contributed by atoms with Crippen LogP contribution in [0, 0.1) is 13.9 Å². The first-order valence-corrected chi connectivity index (χ1v) is 13.1. The van der Waals surface area contributed by atoms with Crippen LogP contribution in [-0.2, 0) is 14.4 Å². The Hall–Kier alpha value is -3.68. The number of ether oxygens (including phenoxy) is 2. The number of benzene rings is 2. The predicted octanol–water partition coefficient (Wildman–Crippen LogP) is 5.67. The first kappa shape index (κ1) is 26.9. The van der Waals surface area contributed by atoms with Crippen LogP contribution < -0.4 is 14.8 Å². The average Bonchev–Trinajstić information content (AvgIpc) is 3.24. The van der Waals surface area contributed by atoms with Crippen LogP contribution in [0.4, 0.5) is 5.69 Å². The second-order valence-electron chi connectivity index (χ2n) is 7.32. The van der Waals surface area contributed by atoms with Crippen molar-refractivity contribution in [1.82, 2.24) is 0 Å². The molecule has 1 N–H and O–H groups in total. The number of esters is 2. The molecule has 1 amide bonds. The predicted molar refractivity (Wildman–Crippen MR) is 137 cm³/mol. The first-order chi connectivity index (χ1) is 17.1. The molecule has 1 unspecified atom stereocenters. The van der Waals surface area contributed by atoms with Gasteiger partial charge in [-0.25, -0.2) is 4.79 Å². The van der Waals surface area contributed by atoms with Crippen molar-refractivity contribution in [1.29, 1.82) is 0 Å². The van der Waals surface area contributed by atoms with Gasteiger partial charge in [0.05, 0.1) is 6.42 Å². The van der Waals surface area contributed by atoms with Crippen molar-refractivity contribution in [3.8, 4) is 21.9 Å². The van der Waals surface area contributed by atoms with E-state index in [-0.39, 0.29) is 35.6 Å². The summed E-state index contributed by atoms with van der Waals surface area (Å²) in [7, 11) is 3.05. The van der Waals surface area contributed by atoms with Gasteiger partial charge in [0.1, 0.15) is 27.0 Å². The van der Waals surface area contributed by atoms with E-state index in [1.165, 1.54) is 35.5 Å². The van der Waals surface area contributed by atoms with Crippen LogP contribution in [0.3, 0.4) is 0 Å². The molecule has 1 heterocycles. The van der Waals surface area contributed by atoms with E-state index in [1.807, 2.05) is 6.07 Å². The van der Waals surface area contributed by atoms with E-state index < -0.39 is 29.0 Å². The Morgan fingerprint density at radius 3 is 2.39 bits per heavy atom. The summed E-state index contributed by atoms with van der Waals surface area (Å²) in [6.45, 7) is 2.81. The number of anilines is 1. The van der Waals surface area contributed by atoms with Gasteiger partial charge < -0.3 is 19.6 Å². The number of nitrogens with zero attached hydrogens (tertiary/aromatic N) is 1. The minimum Gasteiger partial charge on any atom is -0.426 e. The molecule has 3 rings (SSSR count). The molecule has 0 bridgehead atoms. The largest absolute Gasteiger partial charge is 0.426 e. The lowest BCUT2D eigenvalue weighted by Crippen LogP contribution is -2.24. The summed E-state index contributed by atoms with van der Waals surface area (Å²) in [5.74, 6) is -1.84. The van der Waals surface area contributed by atoms with Crippen LogP contribution >= 0.6 is 32.9 Å². The Labute approximate surface area is 217 Å². The van der Waals surface area contributed by atoms with Crippen molar-refractivity contribution in [3.63, 3.8) is 0 Å². The molecule has 0 spiro atoms. The molecule has 0 fully saturated rings. The highest BCUT2D eigenvalue weighted by Crippen LogP contribution is 2.31. The summed E-state index contributed by atoms with van der Waals surface area (Å²) in [6, 6.07) is 12.8. The summed E-state index contributed by atoms with van der Waals surface area (Å²) in [5, 5.41) is 12.1. The molecule has 3 aromatic rings. The number of carbonyl (C=O) groups is 3. The number of hydrogen-bond donors (Lipinski definition) is 1. The number of amides is 1. The molecule has 0 aliphatic rings. The van der Waals surface area contributed by atoms with Gasteiger partial charge in [0.2, 0.25) is 5.91 Å². The van der Waals surface area contributed by atoms with Crippen LogP contribution in [0.1, 0.15) is 37.0 Å². The zero-order valence-electron chi connectivity index (χ0n) is 19.0. The van der Waals surface area contributed by atoms with E-state index in [2.05, 4.69) is 10.2 Å². The summed E-state index contributed by atoms with van der Waals surface area (Å²) in [6.07, 6.45) is -0.922. The molecule has 1 atom stereocenters. The van der Waals surface area contributed by atoms with Crippen LogP contribution in [0.25, 0.3) is 10.4 Å². The normalized spacial score (nSPS) is 11.3. The molecule has 0 aliphatic carbocycles. The molecule has 36 heavy (non-hydrogen) atoms. The third kappa shape index (κ3) is 7.66. The summed E-state index contributed by atoms with van der Waals surface area (Å²) >= 11 is 5.15. The van der Waals surface area contributed by atoms with Crippen LogP contribution in [-0.4, -0.2) is 29.0 Å². The van der Waals surface area contributed by atoms with E-state index in [0.717, 1.165) is 14.3 Å². The molecule has 10 nitrogen and oxygen atoms in total. The molecule has 1 aromatic heterocycles. The fraction of sp³-hybridized carbons (Fsp3) is 0.217. The van der Waals surface area contributed by atoms with Crippen molar-refractivity contribution < 1.29 is 33.8 Å². The molecule has 0 aliphatic heterocycles. The monoisotopic (exact) mass is 548 g/mol. The van der Waals surface area contributed by atoms with Gasteiger partial charge in [-0.05, 0) is 54.4 Å². The zero-order valence-corrected chi connectivity index (χ0v) is 21.5. The lowest BCUT2D eigenvalue weighted by molar-refractivity contribution is -0.768. The SMILES string of the molecule is CCC(CC(=O)Nc1ccc(C(=O)Oc2ccc(-c3cc(=S)ss3)cc2)c(OC(C)=O)c1)O[N+](=O)[O-]. The Morgan fingerprint density at radius 2 is 1.81 bits per heavy atom. The van der Waals surface area contributed by atoms with E-state index >= 15 is 0 Å². The summed E-state index contributed by atoms with van der Waals surface area (Å²) in [5.41, 5.74) is 1.11. The van der Waals surface area contributed by atoms with E-state index in [4.69, 9.17) is 21.7 Å². The standard InChI is InChI=1S/C23H20N2O8S3/c1-3-16(33-25(29)30)11-21(27)24-15-6-9-18(19(10-15)31-13(2)26)23(28)32-17-7-4-14(5-8-17)20-12-22(34)36-35-20/h4-10,12,16H,3,11H2,1-2H3,(H,24,27). The maximum atomic E-state index is 12.8. The highest BCUT2D eigenvalue weighted by atomic mass is 32.9.